The minimum Gasteiger partial charge on any atom is -0.301 e. The highest BCUT2D eigenvalue weighted by atomic mass is 32.2. The third-order valence-electron chi connectivity index (χ3n) is 3.43. The van der Waals surface area contributed by atoms with E-state index >= 15 is 0 Å². The monoisotopic (exact) mass is 392 g/mol. The standard InChI is InChI=1S/C15H15F3N2O3S2/c1-9(25(2,22)23)13(21)20-14-19-8-12(24-14)7-10-4-3-5-11(6-10)15(16,17)18/h3-6,8-9H,7H2,1-2H3,(H,19,20,21)/t9-/m0/s1. The zero-order valence-corrected chi connectivity index (χ0v) is 14.9. The lowest BCUT2D eigenvalue weighted by Crippen LogP contribution is -2.31. The predicted molar refractivity (Wildman–Crippen MR) is 89.3 cm³/mol. The molecule has 1 N–H and O–H groups in total. The number of nitrogens with one attached hydrogen (secondary N) is 1. The fourth-order valence-corrected chi connectivity index (χ4v) is 3.20. The maximum Gasteiger partial charge on any atom is 0.416 e. The van der Waals surface area contributed by atoms with Gasteiger partial charge in [0.25, 0.3) is 0 Å². The van der Waals surface area contributed by atoms with Crippen LogP contribution in [-0.4, -0.2) is 30.8 Å². The molecule has 0 aliphatic heterocycles. The Labute approximate surface area is 146 Å². The summed E-state index contributed by atoms with van der Waals surface area (Å²) in [5.41, 5.74) is -0.272. The first-order valence-corrected chi connectivity index (χ1v) is 9.84. The van der Waals surface area contributed by atoms with Crippen molar-refractivity contribution in [2.45, 2.75) is 24.8 Å². The second kappa shape index (κ2) is 7.12. The van der Waals surface area contributed by atoms with Gasteiger partial charge in [-0.1, -0.05) is 18.2 Å². The molecule has 1 aromatic heterocycles. The summed E-state index contributed by atoms with van der Waals surface area (Å²) in [6.45, 7) is 1.27. The van der Waals surface area contributed by atoms with Crippen LogP contribution in [0.15, 0.2) is 30.5 Å². The molecule has 1 heterocycles. The van der Waals surface area contributed by atoms with Crippen molar-refractivity contribution in [3.63, 3.8) is 0 Å². The fraction of sp³-hybridized carbons (Fsp3) is 0.333. The Kier molecular flexibility index (Phi) is 5.52. The van der Waals surface area contributed by atoms with Gasteiger partial charge in [0.05, 0.1) is 5.56 Å². The smallest absolute Gasteiger partial charge is 0.301 e. The number of aromatic nitrogens is 1. The highest BCUT2D eigenvalue weighted by Gasteiger charge is 2.30. The molecule has 1 atom stereocenters. The molecule has 0 spiro atoms. The molecule has 0 aliphatic carbocycles. The first kappa shape index (κ1) is 19.4. The van der Waals surface area contributed by atoms with Gasteiger partial charge in [-0.05, 0) is 18.6 Å². The van der Waals surface area contributed by atoms with Gasteiger partial charge in [0, 0.05) is 23.8 Å². The molecule has 0 aliphatic rings. The van der Waals surface area contributed by atoms with E-state index in [1.165, 1.54) is 19.2 Å². The minimum absolute atomic E-state index is 0.197. The highest BCUT2D eigenvalue weighted by molar-refractivity contribution is 7.92. The van der Waals surface area contributed by atoms with E-state index in [0.717, 1.165) is 29.7 Å². The zero-order valence-electron chi connectivity index (χ0n) is 13.3. The lowest BCUT2D eigenvalue weighted by molar-refractivity contribution is -0.137. The summed E-state index contributed by atoms with van der Waals surface area (Å²) in [5.74, 6) is -0.706. The van der Waals surface area contributed by atoms with Crippen molar-refractivity contribution in [1.82, 2.24) is 4.98 Å². The van der Waals surface area contributed by atoms with Crippen molar-refractivity contribution in [2.24, 2.45) is 0 Å². The predicted octanol–water partition coefficient (Wildman–Crippen LogP) is 3.12. The van der Waals surface area contributed by atoms with E-state index in [0.29, 0.717) is 10.4 Å². The Hall–Kier alpha value is -1.94. The molecule has 0 unspecified atom stereocenters. The van der Waals surface area contributed by atoms with E-state index in [1.54, 1.807) is 6.07 Å². The summed E-state index contributed by atoms with van der Waals surface area (Å²) in [6, 6.07) is 4.95. The largest absolute Gasteiger partial charge is 0.416 e. The van der Waals surface area contributed by atoms with Crippen molar-refractivity contribution >= 4 is 32.2 Å². The summed E-state index contributed by atoms with van der Waals surface area (Å²) in [7, 11) is -3.52. The van der Waals surface area contributed by atoms with Gasteiger partial charge in [0.2, 0.25) is 5.91 Å². The number of sulfone groups is 1. The van der Waals surface area contributed by atoms with Crippen LogP contribution in [0.4, 0.5) is 18.3 Å². The molecule has 0 saturated carbocycles. The number of thiazole rings is 1. The van der Waals surface area contributed by atoms with Crippen LogP contribution in [0.2, 0.25) is 0 Å². The van der Waals surface area contributed by atoms with E-state index in [-0.39, 0.29) is 11.6 Å². The van der Waals surface area contributed by atoms with E-state index in [4.69, 9.17) is 0 Å². The lowest BCUT2D eigenvalue weighted by atomic mass is 10.1. The number of anilines is 1. The van der Waals surface area contributed by atoms with Gasteiger partial charge in [-0.15, -0.1) is 11.3 Å². The summed E-state index contributed by atoms with van der Waals surface area (Å²) in [5, 5.41) is 1.38. The molecule has 2 rings (SSSR count). The van der Waals surface area contributed by atoms with Gasteiger partial charge in [-0.3, -0.25) is 4.79 Å². The van der Waals surface area contributed by atoms with E-state index in [9.17, 15) is 26.4 Å². The van der Waals surface area contributed by atoms with Gasteiger partial charge in [0.15, 0.2) is 15.0 Å². The molecule has 1 aromatic carbocycles. The maximum atomic E-state index is 12.7. The van der Waals surface area contributed by atoms with Gasteiger partial charge >= 0.3 is 6.18 Å². The molecule has 25 heavy (non-hydrogen) atoms. The molecular weight excluding hydrogens is 377 g/mol. The Bertz CT molecular complexity index is 876. The highest BCUT2D eigenvalue weighted by Crippen LogP contribution is 2.30. The van der Waals surface area contributed by atoms with Crippen LogP contribution < -0.4 is 5.32 Å². The minimum atomic E-state index is -4.41. The summed E-state index contributed by atoms with van der Waals surface area (Å²) in [4.78, 5) is 16.4. The molecule has 0 saturated heterocycles. The molecule has 2 aromatic rings. The quantitative estimate of drug-likeness (QED) is 0.848. The van der Waals surface area contributed by atoms with Crippen LogP contribution >= 0.6 is 11.3 Å². The normalized spacial score (nSPS) is 13.5. The van der Waals surface area contributed by atoms with Crippen LogP contribution in [0.25, 0.3) is 0 Å². The first-order chi connectivity index (χ1) is 11.5. The van der Waals surface area contributed by atoms with E-state index in [1.807, 2.05) is 0 Å². The summed E-state index contributed by atoms with van der Waals surface area (Å²) >= 11 is 1.08. The van der Waals surface area contributed by atoms with Crippen molar-refractivity contribution in [1.29, 1.82) is 0 Å². The van der Waals surface area contributed by atoms with Crippen LogP contribution in [0.5, 0.6) is 0 Å². The average Bonchev–Trinajstić information content (AvgIpc) is 2.92. The van der Waals surface area contributed by atoms with Crippen LogP contribution in [0.1, 0.15) is 22.9 Å². The number of hydrogen-bond donors (Lipinski definition) is 1. The summed E-state index contributed by atoms with van der Waals surface area (Å²) < 4.78 is 60.9. The number of nitrogens with zero attached hydrogens (tertiary/aromatic N) is 1. The molecule has 0 bridgehead atoms. The number of amides is 1. The number of benzene rings is 1. The number of carbonyl (C=O) groups is 1. The molecule has 10 heteroatoms. The Morgan fingerprint density at radius 2 is 2.04 bits per heavy atom. The SMILES string of the molecule is C[C@@H](C(=O)Nc1ncc(Cc2cccc(C(F)(F)F)c2)s1)S(C)(=O)=O. The Morgan fingerprint density at radius 1 is 1.36 bits per heavy atom. The van der Waals surface area contributed by atoms with Crippen molar-refractivity contribution in [3.8, 4) is 0 Å². The molecule has 136 valence electrons. The van der Waals surface area contributed by atoms with Crippen LogP contribution in [-0.2, 0) is 27.2 Å². The first-order valence-electron chi connectivity index (χ1n) is 7.07. The fourth-order valence-electron chi connectivity index (χ4n) is 1.91. The molecule has 5 nitrogen and oxygen atoms in total. The van der Waals surface area contributed by atoms with Gasteiger partial charge in [0.1, 0.15) is 5.25 Å². The van der Waals surface area contributed by atoms with E-state index < -0.39 is 32.7 Å². The number of alkyl halides is 3. The molecule has 0 radical (unpaired) electrons. The second-order valence-electron chi connectivity index (χ2n) is 5.47. The van der Waals surface area contributed by atoms with Crippen LogP contribution in [0, 0.1) is 0 Å². The second-order valence-corrected chi connectivity index (χ2v) is 8.95. The third-order valence-corrected chi connectivity index (χ3v) is 5.84. The van der Waals surface area contributed by atoms with Crippen LogP contribution in [0.3, 0.4) is 0 Å². The Morgan fingerprint density at radius 3 is 2.64 bits per heavy atom. The summed E-state index contributed by atoms with van der Waals surface area (Å²) in [6.07, 6.45) is -1.80. The Balaban J connectivity index is 2.09. The van der Waals surface area contributed by atoms with Gasteiger partial charge < -0.3 is 5.32 Å². The zero-order chi connectivity index (χ0) is 18.8. The lowest BCUT2D eigenvalue weighted by Gasteiger charge is -2.08. The molecule has 0 fully saturated rings. The number of hydrogen-bond acceptors (Lipinski definition) is 5. The van der Waals surface area contributed by atoms with Gasteiger partial charge in [-0.25, -0.2) is 13.4 Å². The molecular formula is C15H15F3N2O3S2. The number of halogens is 3. The van der Waals surface area contributed by atoms with Crippen molar-refractivity contribution < 1.29 is 26.4 Å². The maximum absolute atomic E-state index is 12.7. The number of rotatable bonds is 5. The van der Waals surface area contributed by atoms with Gasteiger partial charge in [-0.2, -0.15) is 13.2 Å². The third kappa shape index (κ3) is 5.27. The average molecular weight is 392 g/mol. The van der Waals surface area contributed by atoms with E-state index in [2.05, 4.69) is 10.3 Å². The topological polar surface area (TPSA) is 76.1 Å². The molecule has 1 amide bonds. The van der Waals surface area contributed by atoms with Crippen molar-refractivity contribution in [3.05, 3.63) is 46.5 Å². The van der Waals surface area contributed by atoms with Crippen molar-refractivity contribution in [2.75, 3.05) is 11.6 Å². The number of carbonyl (C=O) groups excluding carboxylic acids is 1.